The predicted octanol–water partition coefficient (Wildman–Crippen LogP) is 14.0. The SMILES string of the molecule is CCCCCCC/C=C\C/C=C\C/C=C\CCCCCCCCC(=O)NC(COP(=O)([O-])OCC[N+](C)(C)C)C(O)CCCCCCCCCCCCCCCCCCC. The molecule has 0 bridgehead atoms. The van der Waals surface area contributed by atoms with Crippen molar-refractivity contribution in [2.45, 2.75) is 244 Å². The maximum Gasteiger partial charge on any atom is 0.268 e. The van der Waals surface area contributed by atoms with Gasteiger partial charge in [-0.3, -0.25) is 9.36 Å². The van der Waals surface area contributed by atoms with Gasteiger partial charge in [-0.2, -0.15) is 0 Å². The average molecular weight is 867 g/mol. The van der Waals surface area contributed by atoms with Crippen LogP contribution in [0.5, 0.6) is 0 Å². The Morgan fingerprint density at radius 3 is 1.40 bits per heavy atom. The Hall–Kier alpha value is -1.28. The Balaban J connectivity index is 4.31. The summed E-state index contributed by atoms with van der Waals surface area (Å²) in [5.41, 5.74) is 0. The molecule has 0 aliphatic carbocycles. The number of allylic oxidation sites excluding steroid dienone is 6. The molecule has 0 saturated heterocycles. The molecule has 354 valence electrons. The number of carbonyl (C=O) groups is 1. The van der Waals surface area contributed by atoms with Gasteiger partial charge < -0.3 is 28.8 Å². The Kier molecular flexibility index (Phi) is 42.1. The van der Waals surface area contributed by atoms with Crippen molar-refractivity contribution in [2.75, 3.05) is 40.9 Å². The smallest absolute Gasteiger partial charge is 0.268 e. The molecule has 0 aromatic carbocycles. The van der Waals surface area contributed by atoms with Crippen LogP contribution in [0, 0.1) is 0 Å². The van der Waals surface area contributed by atoms with Gasteiger partial charge in [-0.15, -0.1) is 0 Å². The van der Waals surface area contributed by atoms with Crippen molar-refractivity contribution in [3.05, 3.63) is 36.5 Å². The number of phosphoric acid groups is 1. The van der Waals surface area contributed by atoms with Gasteiger partial charge in [0.15, 0.2) is 0 Å². The monoisotopic (exact) mass is 867 g/mol. The molecule has 8 nitrogen and oxygen atoms in total. The second kappa shape index (κ2) is 43.0. The molecule has 0 aromatic heterocycles. The number of amides is 1. The van der Waals surface area contributed by atoms with E-state index in [9.17, 15) is 19.4 Å². The molecular formula is C51H99N2O6P. The lowest BCUT2D eigenvalue weighted by atomic mass is 10.0. The van der Waals surface area contributed by atoms with E-state index in [-0.39, 0.29) is 19.1 Å². The zero-order valence-corrected chi connectivity index (χ0v) is 41.1. The Bertz CT molecular complexity index is 1070. The fourth-order valence-corrected chi connectivity index (χ4v) is 8.06. The second-order valence-corrected chi connectivity index (χ2v) is 19.9. The van der Waals surface area contributed by atoms with E-state index in [1.54, 1.807) is 0 Å². The molecule has 1 amide bonds. The van der Waals surface area contributed by atoms with Crippen LogP contribution >= 0.6 is 7.82 Å². The maximum atomic E-state index is 12.9. The number of aliphatic hydroxyl groups excluding tert-OH is 1. The second-order valence-electron chi connectivity index (χ2n) is 18.5. The minimum absolute atomic E-state index is 0.00899. The number of quaternary nitrogens is 1. The van der Waals surface area contributed by atoms with Crippen LogP contribution in [0.4, 0.5) is 0 Å². The zero-order chi connectivity index (χ0) is 44.3. The van der Waals surface area contributed by atoms with Crippen molar-refractivity contribution in [3.63, 3.8) is 0 Å². The van der Waals surface area contributed by atoms with Gasteiger partial charge in [-0.05, 0) is 51.4 Å². The highest BCUT2D eigenvalue weighted by Gasteiger charge is 2.24. The van der Waals surface area contributed by atoms with Gasteiger partial charge in [-0.1, -0.05) is 211 Å². The molecule has 9 heteroatoms. The van der Waals surface area contributed by atoms with Crippen LogP contribution in [0.15, 0.2) is 36.5 Å². The Morgan fingerprint density at radius 2 is 0.967 bits per heavy atom. The van der Waals surface area contributed by atoms with Gasteiger partial charge in [-0.25, -0.2) is 0 Å². The molecule has 0 spiro atoms. The van der Waals surface area contributed by atoms with Crippen LogP contribution in [0.25, 0.3) is 0 Å². The minimum atomic E-state index is -4.57. The van der Waals surface area contributed by atoms with Crippen molar-refractivity contribution < 1.29 is 32.9 Å². The third kappa shape index (κ3) is 44.8. The van der Waals surface area contributed by atoms with E-state index >= 15 is 0 Å². The number of aliphatic hydroxyl groups is 1. The fraction of sp³-hybridized carbons (Fsp3) is 0.863. The van der Waals surface area contributed by atoms with Gasteiger partial charge in [0.25, 0.3) is 7.82 Å². The Labute approximate surface area is 372 Å². The van der Waals surface area contributed by atoms with E-state index < -0.39 is 20.0 Å². The number of nitrogens with zero attached hydrogens (tertiary/aromatic N) is 1. The van der Waals surface area contributed by atoms with Crippen molar-refractivity contribution in [3.8, 4) is 0 Å². The molecule has 3 unspecified atom stereocenters. The van der Waals surface area contributed by atoms with E-state index in [1.807, 2.05) is 21.1 Å². The summed E-state index contributed by atoms with van der Waals surface area (Å²) in [5.74, 6) is -0.176. The van der Waals surface area contributed by atoms with E-state index in [0.29, 0.717) is 23.9 Å². The van der Waals surface area contributed by atoms with Crippen LogP contribution in [-0.4, -0.2) is 68.5 Å². The number of hydrogen-bond donors (Lipinski definition) is 2. The number of hydrogen-bond acceptors (Lipinski definition) is 6. The molecule has 0 heterocycles. The molecule has 0 aromatic rings. The third-order valence-corrected chi connectivity index (χ3v) is 12.3. The highest BCUT2D eigenvalue weighted by atomic mass is 31.2. The van der Waals surface area contributed by atoms with Crippen LogP contribution in [0.2, 0.25) is 0 Å². The van der Waals surface area contributed by atoms with E-state index in [1.165, 1.54) is 141 Å². The number of likely N-dealkylation sites (N-methyl/N-ethyl adjacent to an activating group) is 1. The molecule has 0 saturated carbocycles. The lowest BCUT2D eigenvalue weighted by molar-refractivity contribution is -0.870. The molecule has 2 N–H and O–H groups in total. The van der Waals surface area contributed by atoms with Crippen LogP contribution in [0.1, 0.15) is 232 Å². The van der Waals surface area contributed by atoms with E-state index in [2.05, 4.69) is 55.6 Å². The van der Waals surface area contributed by atoms with Crippen molar-refractivity contribution >= 4 is 13.7 Å². The predicted molar refractivity (Wildman–Crippen MR) is 256 cm³/mol. The molecule has 60 heavy (non-hydrogen) atoms. The summed E-state index contributed by atoms with van der Waals surface area (Å²) in [6.45, 7) is 4.71. The lowest BCUT2D eigenvalue weighted by Gasteiger charge is -2.30. The first-order valence-corrected chi connectivity index (χ1v) is 26.8. The summed E-state index contributed by atoms with van der Waals surface area (Å²) in [6.07, 6.45) is 52.9. The first kappa shape index (κ1) is 58.7. The lowest BCUT2D eigenvalue weighted by Crippen LogP contribution is -2.46. The maximum absolute atomic E-state index is 12.9. The quantitative estimate of drug-likeness (QED) is 0.0273. The fourth-order valence-electron chi connectivity index (χ4n) is 7.34. The van der Waals surface area contributed by atoms with E-state index in [0.717, 1.165) is 64.2 Å². The van der Waals surface area contributed by atoms with E-state index in [4.69, 9.17) is 9.05 Å². The van der Waals surface area contributed by atoms with Crippen LogP contribution < -0.4 is 10.2 Å². The molecule has 3 atom stereocenters. The minimum Gasteiger partial charge on any atom is -0.756 e. The van der Waals surface area contributed by atoms with Gasteiger partial charge in [0, 0.05) is 6.42 Å². The number of rotatable bonds is 46. The van der Waals surface area contributed by atoms with Gasteiger partial charge in [0.05, 0.1) is 39.9 Å². The summed E-state index contributed by atoms with van der Waals surface area (Å²) in [6, 6.07) is -0.807. The molecule has 0 rings (SSSR count). The first-order chi connectivity index (χ1) is 29.0. The van der Waals surface area contributed by atoms with Crippen LogP contribution in [0.3, 0.4) is 0 Å². The molecule has 0 aliphatic heterocycles. The molecule has 0 aliphatic rings. The summed E-state index contributed by atoms with van der Waals surface area (Å²) in [4.78, 5) is 25.4. The first-order valence-electron chi connectivity index (χ1n) is 25.3. The zero-order valence-electron chi connectivity index (χ0n) is 40.2. The standard InChI is InChI=1S/C51H99N2O6P/c1-6-8-10-12-14-16-18-20-22-24-25-26-27-29-31-33-35-37-39-41-43-45-51(55)52-49(48-59-60(56,57)58-47-46-53(3,4)5)50(54)44-42-40-38-36-34-32-30-28-23-21-19-17-15-13-11-9-7-2/h18,20,24-25,27,29,49-50,54H,6-17,19,21-23,26,28,30-48H2,1-5H3,(H-,52,55,56,57)/b20-18-,25-24-,29-27-. The molecule has 0 fully saturated rings. The molecular weight excluding hydrogens is 768 g/mol. The average Bonchev–Trinajstić information content (AvgIpc) is 3.20. The summed E-state index contributed by atoms with van der Waals surface area (Å²) >= 11 is 0. The van der Waals surface area contributed by atoms with Crippen molar-refractivity contribution in [2.24, 2.45) is 0 Å². The highest BCUT2D eigenvalue weighted by Crippen LogP contribution is 2.38. The third-order valence-electron chi connectivity index (χ3n) is 11.4. The van der Waals surface area contributed by atoms with Crippen LogP contribution in [-0.2, 0) is 18.4 Å². The Morgan fingerprint density at radius 1 is 0.583 bits per heavy atom. The number of nitrogens with one attached hydrogen (secondary N) is 1. The highest BCUT2D eigenvalue weighted by molar-refractivity contribution is 7.45. The molecule has 0 radical (unpaired) electrons. The van der Waals surface area contributed by atoms with Gasteiger partial charge in [0.1, 0.15) is 13.2 Å². The summed E-state index contributed by atoms with van der Waals surface area (Å²) in [5, 5.41) is 14.0. The number of phosphoric ester groups is 1. The largest absolute Gasteiger partial charge is 0.756 e. The topological polar surface area (TPSA) is 108 Å². The normalized spacial score (nSPS) is 14.4. The van der Waals surface area contributed by atoms with Crippen molar-refractivity contribution in [1.29, 1.82) is 0 Å². The summed E-state index contributed by atoms with van der Waals surface area (Å²) < 4.78 is 23.3. The van der Waals surface area contributed by atoms with Crippen molar-refractivity contribution in [1.82, 2.24) is 5.32 Å². The van der Waals surface area contributed by atoms with Gasteiger partial charge in [0.2, 0.25) is 5.91 Å². The number of unbranched alkanes of at least 4 members (excludes halogenated alkanes) is 27. The number of carbonyl (C=O) groups excluding carboxylic acids is 1. The summed E-state index contributed by atoms with van der Waals surface area (Å²) in [7, 11) is 1.30. The van der Waals surface area contributed by atoms with Gasteiger partial charge >= 0.3 is 0 Å².